The predicted molar refractivity (Wildman–Crippen MR) is 99.6 cm³/mol. The Hall–Kier alpha value is -2.73. The van der Waals surface area contributed by atoms with E-state index in [1.807, 2.05) is 30.3 Å². The van der Waals surface area contributed by atoms with Crippen molar-refractivity contribution in [3.05, 3.63) is 59.9 Å². The number of anilines is 1. The number of carboxylic acids is 1. The first-order valence-electron chi connectivity index (χ1n) is 8.84. The number of hydrogen-bond donors (Lipinski definition) is 1. The Morgan fingerprint density at radius 1 is 1.00 bits per heavy atom. The van der Waals surface area contributed by atoms with Gasteiger partial charge in [-0.2, -0.15) is 0 Å². The first-order valence-corrected chi connectivity index (χ1v) is 8.84. The van der Waals surface area contributed by atoms with Crippen molar-refractivity contribution < 1.29 is 14.7 Å². The van der Waals surface area contributed by atoms with E-state index in [9.17, 15) is 9.59 Å². The number of nitrogens with zero attached hydrogens (tertiary/aromatic N) is 3. The quantitative estimate of drug-likeness (QED) is 0.769. The number of ketones is 1. The summed E-state index contributed by atoms with van der Waals surface area (Å²) in [7, 11) is 0. The van der Waals surface area contributed by atoms with Gasteiger partial charge in [-0.1, -0.05) is 24.3 Å². The fourth-order valence-electron chi connectivity index (χ4n) is 3.26. The van der Waals surface area contributed by atoms with E-state index in [1.165, 1.54) is 0 Å². The smallest absolute Gasteiger partial charge is 0.303 e. The molecule has 0 unspecified atom stereocenters. The summed E-state index contributed by atoms with van der Waals surface area (Å²) in [6.45, 7) is 3.76. The summed E-state index contributed by atoms with van der Waals surface area (Å²) in [5, 5.41) is 8.88. The number of aromatic nitrogens is 1. The molecular weight excluding hydrogens is 330 g/mol. The van der Waals surface area contributed by atoms with Gasteiger partial charge in [0.25, 0.3) is 0 Å². The molecule has 0 spiro atoms. The molecule has 1 N–H and O–H groups in total. The molecule has 1 saturated heterocycles. The van der Waals surface area contributed by atoms with Crippen LogP contribution in [0.25, 0.3) is 0 Å². The zero-order valence-electron chi connectivity index (χ0n) is 14.7. The number of rotatable bonds is 7. The van der Waals surface area contributed by atoms with Crippen LogP contribution in [0.5, 0.6) is 0 Å². The van der Waals surface area contributed by atoms with Gasteiger partial charge in [0.05, 0.1) is 6.54 Å². The molecule has 2 heterocycles. The number of hydrogen-bond acceptors (Lipinski definition) is 5. The van der Waals surface area contributed by atoms with Gasteiger partial charge in [0.2, 0.25) is 0 Å². The number of piperazine rings is 1. The van der Waals surface area contributed by atoms with E-state index in [2.05, 4.69) is 14.8 Å². The van der Waals surface area contributed by atoms with E-state index in [1.54, 1.807) is 18.5 Å². The third kappa shape index (κ3) is 4.67. The summed E-state index contributed by atoms with van der Waals surface area (Å²) in [5.41, 5.74) is 2.62. The molecule has 26 heavy (non-hydrogen) atoms. The standard InChI is InChI=1S/C20H23N3O3/c24-19(18-4-2-1-3-16(18)5-6-20(25)26)15-22-11-13-23(14-12-22)17-7-9-21-10-8-17/h1-4,7-10H,5-6,11-15H2,(H,25,26). The Balaban J connectivity index is 1.57. The van der Waals surface area contributed by atoms with Crippen LogP contribution in [0, 0.1) is 0 Å². The molecule has 1 aromatic carbocycles. The second kappa shape index (κ2) is 8.58. The summed E-state index contributed by atoms with van der Waals surface area (Å²) in [5.74, 6) is -0.789. The number of carbonyl (C=O) groups is 2. The minimum absolute atomic E-state index is 0.0366. The fourth-order valence-corrected chi connectivity index (χ4v) is 3.26. The van der Waals surface area contributed by atoms with E-state index in [4.69, 9.17) is 5.11 Å². The van der Waals surface area contributed by atoms with Crippen LogP contribution in [0.4, 0.5) is 5.69 Å². The van der Waals surface area contributed by atoms with Crippen molar-refractivity contribution >= 4 is 17.4 Å². The highest BCUT2D eigenvalue weighted by Gasteiger charge is 2.21. The van der Waals surface area contributed by atoms with Gasteiger partial charge in [0, 0.05) is 56.2 Å². The van der Waals surface area contributed by atoms with Gasteiger partial charge in [-0.15, -0.1) is 0 Å². The highest BCUT2D eigenvalue weighted by atomic mass is 16.4. The maximum absolute atomic E-state index is 12.7. The predicted octanol–water partition coefficient (Wildman–Crippen LogP) is 2.10. The number of aryl methyl sites for hydroxylation is 1. The normalized spacial score (nSPS) is 15.0. The molecule has 2 aromatic rings. The summed E-state index contributed by atoms with van der Waals surface area (Å²) in [6.07, 6.45) is 4.00. The summed E-state index contributed by atoms with van der Waals surface area (Å²) in [6, 6.07) is 11.3. The van der Waals surface area contributed by atoms with E-state index < -0.39 is 5.97 Å². The molecule has 0 saturated carbocycles. The molecule has 1 aliphatic heterocycles. The highest BCUT2D eigenvalue weighted by molar-refractivity contribution is 5.99. The first-order chi connectivity index (χ1) is 12.6. The lowest BCUT2D eigenvalue weighted by Gasteiger charge is -2.35. The second-order valence-corrected chi connectivity index (χ2v) is 6.44. The van der Waals surface area contributed by atoms with E-state index in [0.29, 0.717) is 18.5 Å². The van der Waals surface area contributed by atoms with Gasteiger partial charge in [0.1, 0.15) is 0 Å². The Kier molecular flexibility index (Phi) is 5.96. The van der Waals surface area contributed by atoms with E-state index >= 15 is 0 Å². The highest BCUT2D eigenvalue weighted by Crippen LogP contribution is 2.16. The van der Waals surface area contributed by atoms with Crippen LogP contribution in [-0.4, -0.2) is 59.5 Å². The molecule has 3 rings (SSSR count). The number of benzene rings is 1. The molecule has 6 heteroatoms. The maximum atomic E-state index is 12.7. The van der Waals surface area contributed by atoms with Crippen LogP contribution in [-0.2, 0) is 11.2 Å². The van der Waals surface area contributed by atoms with Crippen molar-refractivity contribution in [1.82, 2.24) is 9.88 Å². The van der Waals surface area contributed by atoms with Crippen LogP contribution in [0.15, 0.2) is 48.8 Å². The van der Waals surface area contributed by atoms with Crippen molar-refractivity contribution in [3.63, 3.8) is 0 Å². The number of pyridine rings is 1. The van der Waals surface area contributed by atoms with E-state index in [0.717, 1.165) is 37.4 Å². The fraction of sp³-hybridized carbons (Fsp3) is 0.350. The molecule has 0 amide bonds. The van der Waals surface area contributed by atoms with Gasteiger partial charge in [-0.05, 0) is 24.1 Å². The Morgan fingerprint density at radius 2 is 1.69 bits per heavy atom. The molecule has 1 aliphatic rings. The van der Waals surface area contributed by atoms with Crippen LogP contribution in [0.1, 0.15) is 22.3 Å². The van der Waals surface area contributed by atoms with Crippen LogP contribution in [0.3, 0.4) is 0 Å². The van der Waals surface area contributed by atoms with Gasteiger partial charge in [-0.25, -0.2) is 0 Å². The SMILES string of the molecule is O=C(O)CCc1ccccc1C(=O)CN1CCN(c2ccncc2)CC1. The maximum Gasteiger partial charge on any atom is 0.303 e. The lowest BCUT2D eigenvalue weighted by Crippen LogP contribution is -2.48. The molecule has 0 radical (unpaired) electrons. The van der Waals surface area contributed by atoms with Crippen LogP contribution >= 0.6 is 0 Å². The van der Waals surface area contributed by atoms with Crippen molar-refractivity contribution in [2.24, 2.45) is 0 Å². The van der Waals surface area contributed by atoms with Crippen LogP contribution < -0.4 is 4.90 Å². The van der Waals surface area contributed by atoms with Crippen molar-refractivity contribution in [1.29, 1.82) is 0 Å². The minimum Gasteiger partial charge on any atom is -0.481 e. The van der Waals surface area contributed by atoms with Gasteiger partial charge < -0.3 is 10.0 Å². The molecule has 0 aliphatic carbocycles. The topological polar surface area (TPSA) is 73.7 Å². The molecule has 136 valence electrons. The summed E-state index contributed by atoms with van der Waals surface area (Å²) < 4.78 is 0. The average molecular weight is 353 g/mol. The lowest BCUT2D eigenvalue weighted by molar-refractivity contribution is -0.136. The Labute approximate surface area is 153 Å². The number of carboxylic acid groups (broad SMARTS) is 1. The van der Waals surface area contributed by atoms with Gasteiger partial charge in [0.15, 0.2) is 5.78 Å². The van der Waals surface area contributed by atoms with Gasteiger partial charge in [-0.3, -0.25) is 19.5 Å². The number of carbonyl (C=O) groups excluding carboxylic acids is 1. The summed E-state index contributed by atoms with van der Waals surface area (Å²) in [4.78, 5) is 32.0. The van der Waals surface area contributed by atoms with Crippen molar-refractivity contribution in [2.45, 2.75) is 12.8 Å². The molecular formula is C20H23N3O3. The monoisotopic (exact) mass is 353 g/mol. The third-order valence-electron chi connectivity index (χ3n) is 4.69. The average Bonchev–Trinajstić information content (AvgIpc) is 2.68. The number of aliphatic carboxylic acids is 1. The zero-order chi connectivity index (χ0) is 18.4. The molecule has 6 nitrogen and oxygen atoms in total. The van der Waals surface area contributed by atoms with Crippen LogP contribution in [0.2, 0.25) is 0 Å². The molecule has 1 aromatic heterocycles. The second-order valence-electron chi connectivity index (χ2n) is 6.44. The van der Waals surface area contributed by atoms with Gasteiger partial charge >= 0.3 is 5.97 Å². The zero-order valence-corrected chi connectivity index (χ0v) is 14.7. The minimum atomic E-state index is -0.848. The number of Topliss-reactive ketones (excluding diaryl/α,β-unsaturated/α-hetero) is 1. The summed E-state index contributed by atoms with van der Waals surface area (Å²) >= 11 is 0. The first kappa shape index (κ1) is 18.1. The van der Waals surface area contributed by atoms with Crippen molar-refractivity contribution in [2.75, 3.05) is 37.6 Å². The molecule has 0 bridgehead atoms. The van der Waals surface area contributed by atoms with Crippen molar-refractivity contribution in [3.8, 4) is 0 Å². The molecule has 1 fully saturated rings. The lowest BCUT2D eigenvalue weighted by atomic mass is 9.99. The third-order valence-corrected chi connectivity index (χ3v) is 4.69. The molecule has 0 atom stereocenters. The Morgan fingerprint density at radius 3 is 2.38 bits per heavy atom. The Bertz CT molecular complexity index is 756. The largest absolute Gasteiger partial charge is 0.481 e. The van der Waals surface area contributed by atoms with E-state index in [-0.39, 0.29) is 12.2 Å².